The molecule has 0 aliphatic carbocycles. The van der Waals surface area contributed by atoms with Crippen LogP contribution in [0.1, 0.15) is 56.4 Å². The fraction of sp³-hybridized carbons (Fsp3) is 0.308. The molecule has 1 amide bonds. The van der Waals surface area contributed by atoms with Crippen LogP contribution in [0.25, 0.3) is 5.57 Å². The van der Waals surface area contributed by atoms with Crippen LogP contribution in [0, 0.1) is 13.8 Å². The van der Waals surface area contributed by atoms with Gasteiger partial charge in [-0.25, -0.2) is 0 Å². The van der Waals surface area contributed by atoms with Gasteiger partial charge in [0.2, 0.25) is 5.91 Å². The maximum Gasteiger partial charge on any atom is 0.308 e. The summed E-state index contributed by atoms with van der Waals surface area (Å²) in [5, 5.41) is 2.96. The van der Waals surface area contributed by atoms with Crippen molar-refractivity contribution in [2.24, 2.45) is 0 Å². The lowest BCUT2D eigenvalue weighted by atomic mass is 9.78. The third kappa shape index (κ3) is 5.05. The van der Waals surface area contributed by atoms with Crippen LogP contribution in [0.15, 0.2) is 48.7 Å². The molecule has 1 heterocycles. The van der Waals surface area contributed by atoms with Crippen molar-refractivity contribution in [3.05, 3.63) is 71.0 Å². The second-order valence-corrected chi connectivity index (χ2v) is 8.76. The van der Waals surface area contributed by atoms with Crippen molar-refractivity contribution in [1.82, 2.24) is 0 Å². The number of nitrogens with one attached hydrogen (secondary N) is 1. The molecule has 2 aromatic rings. The first-order valence-electron chi connectivity index (χ1n) is 10.3. The maximum absolute atomic E-state index is 12.9. The Morgan fingerprint density at radius 1 is 1.13 bits per heavy atom. The number of ether oxygens (including phenoxy) is 2. The fourth-order valence-electron chi connectivity index (χ4n) is 4.23. The Balaban J connectivity index is 1.82. The summed E-state index contributed by atoms with van der Waals surface area (Å²) in [5.74, 6) is 1.23. The number of hydrogen-bond donors (Lipinski definition) is 1. The molecule has 31 heavy (non-hydrogen) atoms. The molecule has 1 aliphatic rings. The number of aryl methyl sites for hydroxylation is 2. The zero-order valence-electron chi connectivity index (χ0n) is 19.0. The van der Waals surface area contributed by atoms with Gasteiger partial charge in [-0.15, -0.1) is 0 Å². The average molecular weight is 420 g/mol. The Bertz CT molecular complexity index is 1110. The second-order valence-electron chi connectivity index (χ2n) is 8.76. The summed E-state index contributed by atoms with van der Waals surface area (Å²) >= 11 is 0. The summed E-state index contributed by atoms with van der Waals surface area (Å²) in [6.45, 7) is 15.1. The highest BCUT2D eigenvalue weighted by Crippen LogP contribution is 2.39. The van der Waals surface area contributed by atoms with Crippen LogP contribution in [-0.2, 0) is 15.0 Å². The zero-order chi connectivity index (χ0) is 22.9. The lowest BCUT2D eigenvalue weighted by molar-refractivity contribution is -0.131. The molecule has 1 aliphatic heterocycles. The predicted molar refractivity (Wildman–Crippen MR) is 123 cm³/mol. The van der Waals surface area contributed by atoms with E-state index in [0.29, 0.717) is 22.9 Å². The van der Waals surface area contributed by atoms with Crippen LogP contribution in [0.2, 0.25) is 0 Å². The molecule has 162 valence electrons. The summed E-state index contributed by atoms with van der Waals surface area (Å²) in [6.07, 6.45) is 2.10. The van der Waals surface area contributed by atoms with E-state index in [2.05, 4.69) is 11.9 Å². The van der Waals surface area contributed by atoms with Gasteiger partial charge < -0.3 is 14.8 Å². The Hall–Kier alpha value is -3.34. The molecule has 0 fully saturated rings. The highest BCUT2D eigenvalue weighted by molar-refractivity contribution is 5.92. The van der Waals surface area contributed by atoms with Gasteiger partial charge in [0.15, 0.2) is 0 Å². The largest absolute Gasteiger partial charge is 0.457 e. The molecule has 2 aromatic carbocycles. The van der Waals surface area contributed by atoms with Crippen molar-refractivity contribution in [2.75, 3.05) is 5.32 Å². The van der Waals surface area contributed by atoms with Crippen LogP contribution >= 0.6 is 0 Å². The molecule has 0 saturated heterocycles. The third-order valence-corrected chi connectivity index (χ3v) is 5.29. The van der Waals surface area contributed by atoms with Crippen molar-refractivity contribution in [2.45, 2.75) is 53.4 Å². The van der Waals surface area contributed by atoms with E-state index in [-0.39, 0.29) is 18.3 Å². The molecule has 0 radical (unpaired) electrons. The number of carbonyl (C=O) groups is 2. The van der Waals surface area contributed by atoms with Crippen molar-refractivity contribution in [1.29, 1.82) is 0 Å². The Morgan fingerprint density at radius 3 is 2.52 bits per heavy atom. The normalized spacial score (nSPS) is 13.1. The molecular formula is C26H29NO4. The molecule has 0 aromatic heterocycles. The number of esters is 1. The van der Waals surface area contributed by atoms with Crippen molar-refractivity contribution in [3.8, 4) is 11.5 Å². The van der Waals surface area contributed by atoms with Gasteiger partial charge >= 0.3 is 5.97 Å². The lowest BCUT2D eigenvalue weighted by Crippen LogP contribution is -2.27. The molecule has 3 rings (SSSR count). The van der Waals surface area contributed by atoms with Gasteiger partial charge in [0, 0.05) is 41.6 Å². The molecule has 0 atom stereocenters. The Labute approximate surface area is 183 Å². The summed E-state index contributed by atoms with van der Waals surface area (Å²) in [4.78, 5) is 24.5. The lowest BCUT2D eigenvalue weighted by Gasteiger charge is -2.29. The van der Waals surface area contributed by atoms with Crippen LogP contribution in [0.5, 0.6) is 11.5 Å². The van der Waals surface area contributed by atoms with Crippen LogP contribution in [-0.4, -0.2) is 11.9 Å². The molecule has 5 nitrogen and oxygen atoms in total. The van der Waals surface area contributed by atoms with E-state index < -0.39 is 5.41 Å². The minimum atomic E-state index is -0.551. The van der Waals surface area contributed by atoms with E-state index in [9.17, 15) is 9.59 Å². The average Bonchev–Trinajstić information content (AvgIpc) is 2.58. The number of anilines is 1. The van der Waals surface area contributed by atoms with E-state index in [4.69, 9.17) is 9.47 Å². The van der Waals surface area contributed by atoms with Gasteiger partial charge in [0.05, 0.1) is 0 Å². The molecule has 0 spiro atoms. The van der Waals surface area contributed by atoms with E-state index in [1.807, 2.05) is 71.0 Å². The second kappa shape index (κ2) is 8.42. The van der Waals surface area contributed by atoms with Gasteiger partial charge in [0.1, 0.15) is 17.3 Å². The van der Waals surface area contributed by atoms with Crippen molar-refractivity contribution in [3.63, 3.8) is 0 Å². The highest BCUT2D eigenvalue weighted by atomic mass is 16.5. The topological polar surface area (TPSA) is 64.6 Å². The molecule has 0 saturated carbocycles. The van der Waals surface area contributed by atoms with Crippen LogP contribution < -0.4 is 14.8 Å². The number of allylic oxidation sites excluding steroid dienone is 2. The van der Waals surface area contributed by atoms with Crippen molar-refractivity contribution < 1.29 is 19.1 Å². The minimum absolute atomic E-state index is 0.138. The first-order valence-corrected chi connectivity index (χ1v) is 10.3. The first-order chi connectivity index (χ1) is 14.5. The monoisotopic (exact) mass is 419 g/mol. The fourth-order valence-corrected chi connectivity index (χ4v) is 4.23. The SMILES string of the molecule is C=C1C=C(C)c2ccc(NC(=O)CC(C)(C)c3c(C)cc(C)cc3OC(C)=O)cc2O1. The number of fused-ring (bicyclic) bond motifs is 1. The van der Waals surface area contributed by atoms with Gasteiger partial charge in [0.25, 0.3) is 0 Å². The molecular weight excluding hydrogens is 390 g/mol. The summed E-state index contributed by atoms with van der Waals surface area (Å²) in [5.41, 5.74) is 4.99. The smallest absolute Gasteiger partial charge is 0.308 e. The molecule has 0 unspecified atom stereocenters. The maximum atomic E-state index is 12.9. The zero-order valence-corrected chi connectivity index (χ0v) is 19.0. The highest BCUT2D eigenvalue weighted by Gasteiger charge is 2.30. The van der Waals surface area contributed by atoms with Crippen molar-refractivity contribution >= 4 is 23.1 Å². The summed E-state index contributed by atoms with van der Waals surface area (Å²) < 4.78 is 11.2. The summed E-state index contributed by atoms with van der Waals surface area (Å²) in [6, 6.07) is 9.47. The van der Waals surface area contributed by atoms with Gasteiger partial charge in [-0.3, -0.25) is 9.59 Å². The van der Waals surface area contributed by atoms with E-state index in [1.54, 1.807) is 0 Å². The third-order valence-electron chi connectivity index (χ3n) is 5.29. The Kier molecular flexibility index (Phi) is 6.07. The Morgan fingerprint density at radius 2 is 1.84 bits per heavy atom. The van der Waals surface area contributed by atoms with Crippen LogP contribution in [0.4, 0.5) is 5.69 Å². The molecule has 5 heteroatoms. The molecule has 0 bridgehead atoms. The standard InChI is InChI=1S/C26H29NO4/c1-15-10-17(3)25(23(11-15)31-19(5)28)26(6,7)14-24(29)27-20-8-9-21-16(2)12-18(4)30-22(21)13-20/h8-13H,4,14H2,1-3,5-7H3,(H,27,29). The number of benzene rings is 2. The summed E-state index contributed by atoms with van der Waals surface area (Å²) in [7, 11) is 0. The quantitative estimate of drug-likeness (QED) is 0.488. The molecule has 1 N–H and O–H groups in total. The van der Waals surface area contributed by atoms with E-state index in [1.165, 1.54) is 6.92 Å². The predicted octanol–water partition coefficient (Wildman–Crippen LogP) is 5.84. The number of amides is 1. The van der Waals surface area contributed by atoms with Gasteiger partial charge in [-0.1, -0.05) is 26.5 Å². The minimum Gasteiger partial charge on any atom is -0.457 e. The first kappa shape index (κ1) is 22.3. The number of carbonyl (C=O) groups excluding carboxylic acids is 2. The number of hydrogen-bond acceptors (Lipinski definition) is 4. The van der Waals surface area contributed by atoms with Gasteiger partial charge in [-0.2, -0.15) is 0 Å². The van der Waals surface area contributed by atoms with E-state index in [0.717, 1.165) is 27.8 Å². The van der Waals surface area contributed by atoms with Crippen LogP contribution in [0.3, 0.4) is 0 Å². The van der Waals surface area contributed by atoms with E-state index >= 15 is 0 Å². The number of rotatable bonds is 5. The van der Waals surface area contributed by atoms with Gasteiger partial charge in [-0.05, 0) is 61.7 Å².